The molecule has 128 valence electrons. The Hall–Kier alpha value is -2.32. The van der Waals surface area contributed by atoms with Gasteiger partial charge in [0, 0.05) is 17.8 Å². The summed E-state index contributed by atoms with van der Waals surface area (Å²) in [6, 6.07) is 1.23. The number of rotatable bonds is 8. The van der Waals surface area contributed by atoms with Crippen LogP contribution in [0.3, 0.4) is 0 Å². The number of carboxylic acids is 1. The third kappa shape index (κ3) is 6.98. The van der Waals surface area contributed by atoms with Crippen LogP contribution in [0.15, 0.2) is 18.3 Å². The van der Waals surface area contributed by atoms with Crippen molar-refractivity contribution in [2.45, 2.75) is 38.4 Å². The number of amides is 1. The Morgan fingerprint density at radius 1 is 1.43 bits per heavy atom. The van der Waals surface area contributed by atoms with Crippen LogP contribution in [-0.2, 0) is 4.79 Å². The average Bonchev–Trinajstić information content (AvgIpc) is 2.48. The molecule has 0 saturated heterocycles. The van der Waals surface area contributed by atoms with E-state index in [1.807, 2.05) is 6.92 Å². The molecule has 23 heavy (non-hydrogen) atoms. The van der Waals surface area contributed by atoms with E-state index in [1.54, 1.807) is 0 Å². The first-order valence-electron chi connectivity index (χ1n) is 6.92. The number of nitrogens with one attached hydrogen (secondary N) is 1. The Morgan fingerprint density at radius 3 is 2.70 bits per heavy atom. The van der Waals surface area contributed by atoms with Gasteiger partial charge >= 0.3 is 12.1 Å². The van der Waals surface area contributed by atoms with Gasteiger partial charge in [-0.1, -0.05) is 19.8 Å². The van der Waals surface area contributed by atoms with Gasteiger partial charge in [-0.2, -0.15) is 13.2 Å². The van der Waals surface area contributed by atoms with E-state index in [1.165, 1.54) is 6.07 Å². The van der Waals surface area contributed by atoms with E-state index in [9.17, 15) is 22.8 Å². The van der Waals surface area contributed by atoms with Crippen molar-refractivity contribution in [3.8, 4) is 5.88 Å². The van der Waals surface area contributed by atoms with E-state index in [2.05, 4.69) is 15.0 Å². The number of unbranched alkanes of at least 4 members (excludes halogenated alkanes) is 1. The van der Waals surface area contributed by atoms with Crippen LogP contribution in [0.4, 0.5) is 13.2 Å². The maximum atomic E-state index is 12.1. The average molecular weight is 334 g/mol. The Bertz CT molecular complexity index is 549. The first-order valence-corrected chi connectivity index (χ1v) is 6.92. The molecule has 0 saturated carbocycles. The van der Waals surface area contributed by atoms with Crippen molar-refractivity contribution in [3.63, 3.8) is 0 Å². The molecule has 2 N–H and O–H groups in total. The minimum Gasteiger partial charge on any atom is -0.480 e. The highest BCUT2D eigenvalue weighted by molar-refractivity contribution is 5.96. The van der Waals surface area contributed by atoms with Gasteiger partial charge in [0.05, 0.1) is 0 Å². The minimum absolute atomic E-state index is 0.0278. The largest absolute Gasteiger partial charge is 0.480 e. The zero-order chi connectivity index (χ0) is 17.5. The van der Waals surface area contributed by atoms with Crippen LogP contribution in [0.2, 0.25) is 0 Å². The number of alkyl halides is 3. The lowest BCUT2D eigenvalue weighted by Gasteiger charge is -2.14. The van der Waals surface area contributed by atoms with Crippen molar-refractivity contribution < 1.29 is 32.6 Å². The van der Waals surface area contributed by atoms with Gasteiger partial charge in [0.25, 0.3) is 5.91 Å². The third-order valence-electron chi connectivity index (χ3n) is 2.83. The summed E-state index contributed by atoms with van der Waals surface area (Å²) >= 11 is 0. The second kappa shape index (κ2) is 8.35. The molecule has 1 rings (SSSR count). The van der Waals surface area contributed by atoms with Crippen molar-refractivity contribution in [2.75, 3.05) is 6.61 Å². The van der Waals surface area contributed by atoms with Gasteiger partial charge in [-0.3, -0.25) is 4.79 Å². The molecule has 0 aliphatic rings. The van der Waals surface area contributed by atoms with Crippen LogP contribution < -0.4 is 10.1 Å². The van der Waals surface area contributed by atoms with Crippen LogP contribution >= 0.6 is 0 Å². The van der Waals surface area contributed by atoms with E-state index in [0.717, 1.165) is 18.7 Å². The molecule has 9 heteroatoms. The smallest absolute Gasteiger partial charge is 0.422 e. The molecular weight excluding hydrogens is 317 g/mol. The van der Waals surface area contributed by atoms with E-state index >= 15 is 0 Å². The molecule has 1 unspecified atom stereocenters. The molecule has 1 aromatic heterocycles. The van der Waals surface area contributed by atoms with Gasteiger partial charge in [-0.15, -0.1) is 0 Å². The van der Waals surface area contributed by atoms with E-state index in [0.29, 0.717) is 6.42 Å². The summed E-state index contributed by atoms with van der Waals surface area (Å²) < 4.78 is 40.7. The number of hydrogen-bond acceptors (Lipinski definition) is 4. The summed E-state index contributed by atoms with van der Waals surface area (Å²) in [7, 11) is 0. The fourth-order valence-electron chi connectivity index (χ4n) is 1.69. The lowest BCUT2D eigenvalue weighted by atomic mass is 10.1. The van der Waals surface area contributed by atoms with E-state index in [4.69, 9.17) is 5.11 Å². The zero-order valence-corrected chi connectivity index (χ0v) is 12.4. The highest BCUT2D eigenvalue weighted by Gasteiger charge is 2.29. The molecule has 1 amide bonds. The van der Waals surface area contributed by atoms with E-state index < -0.39 is 30.7 Å². The molecule has 1 heterocycles. The van der Waals surface area contributed by atoms with Crippen molar-refractivity contribution in [1.82, 2.24) is 10.3 Å². The van der Waals surface area contributed by atoms with Gasteiger partial charge in [-0.05, 0) is 12.5 Å². The Morgan fingerprint density at radius 2 is 2.13 bits per heavy atom. The quantitative estimate of drug-likeness (QED) is 0.762. The predicted molar refractivity (Wildman–Crippen MR) is 74.2 cm³/mol. The van der Waals surface area contributed by atoms with Gasteiger partial charge in [0.1, 0.15) is 6.04 Å². The van der Waals surface area contributed by atoms with Crippen molar-refractivity contribution in [1.29, 1.82) is 0 Å². The Labute approximate surface area is 130 Å². The van der Waals surface area contributed by atoms with E-state index in [-0.39, 0.29) is 17.9 Å². The summed E-state index contributed by atoms with van der Waals surface area (Å²) in [6.45, 7) is 0.354. The van der Waals surface area contributed by atoms with Crippen LogP contribution in [0.25, 0.3) is 0 Å². The Balaban J connectivity index is 2.73. The first-order chi connectivity index (χ1) is 10.7. The van der Waals surface area contributed by atoms with Crippen molar-refractivity contribution in [3.05, 3.63) is 23.9 Å². The van der Waals surface area contributed by atoms with Crippen molar-refractivity contribution in [2.24, 2.45) is 0 Å². The number of carboxylic acid groups (broad SMARTS) is 1. The maximum absolute atomic E-state index is 12.1. The second-order valence-corrected chi connectivity index (χ2v) is 4.79. The highest BCUT2D eigenvalue weighted by atomic mass is 19.4. The number of hydrogen-bond donors (Lipinski definition) is 2. The lowest BCUT2D eigenvalue weighted by Crippen LogP contribution is -2.40. The summed E-state index contributed by atoms with van der Waals surface area (Å²) in [4.78, 5) is 26.6. The molecule has 0 aliphatic heterocycles. The lowest BCUT2D eigenvalue weighted by molar-refractivity contribution is -0.154. The van der Waals surface area contributed by atoms with Crippen LogP contribution in [0.5, 0.6) is 5.88 Å². The molecule has 0 fully saturated rings. The van der Waals surface area contributed by atoms with Crippen LogP contribution in [0.1, 0.15) is 36.5 Å². The number of carbonyl (C=O) groups excluding carboxylic acids is 1. The highest BCUT2D eigenvalue weighted by Crippen LogP contribution is 2.17. The summed E-state index contributed by atoms with van der Waals surface area (Å²) in [5, 5.41) is 11.4. The number of halogens is 3. The normalized spacial score (nSPS) is 12.5. The number of carbonyl (C=O) groups is 2. The fourth-order valence-corrected chi connectivity index (χ4v) is 1.69. The third-order valence-corrected chi connectivity index (χ3v) is 2.83. The van der Waals surface area contributed by atoms with Gasteiger partial charge in [0.2, 0.25) is 5.88 Å². The summed E-state index contributed by atoms with van der Waals surface area (Å²) in [6.07, 6.45) is -1.76. The first kappa shape index (κ1) is 18.7. The number of pyridine rings is 1. The second-order valence-electron chi connectivity index (χ2n) is 4.79. The monoisotopic (exact) mass is 334 g/mol. The van der Waals surface area contributed by atoms with Gasteiger partial charge in [0.15, 0.2) is 6.61 Å². The molecule has 1 aromatic rings. The molecule has 6 nitrogen and oxygen atoms in total. The topological polar surface area (TPSA) is 88.5 Å². The van der Waals surface area contributed by atoms with Crippen LogP contribution in [-0.4, -0.2) is 40.8 Å². The summed E-state index contributed by atoms with van der Waals surface area (Å²) in [5.41, 5.74) is -0.0278. The number of aliphatic carboxylic acids is 1. The maximum Gasteiger partial charge on any atom is 0.422 e. The molecule has 0 spiro atoms. The van der Waals surface area contributed by atoms with Crippen molar-refractivity contribution >= 4 is 11.9 Å². The summed E-state index contributed by atoms with van der Waals surface area (Å²) in [5.74, 6) is -2.25. The van der Waals surface area contributed by atoms with Gasteiger partial charge in [-0.25, -0.2) is 9.78 Å². The minimum atomic E-state index is -4.52. The molecule has 0 aliphatic carbocycles. The predicted octanol–water partition coefficient (Wildman–Crippen LogP) is 2.40. The molecule has 0 bridgehead atoms. The standard InChI is InChI=1S/C14H17F3N2O4/c1-2-3-4-10(13(21)22)19-12(20)9-5-6-18-11(7-9)23-8-14(15,16)17/h5-7,10H,2-4,8H2,1H3,(H,19,20)(H,21,22). The fraction of sp³-hybridized carbons (Fsp3) is 0.500. The van der Waals surface area contributed by atoms with Crippen LogP contribution in [0, 0.1) is 0 Å². The molecular formula is C14H17F3N2O4. The molecule has 0 aromatic carbocycles. The molecule has 0 radical (unpaired) electrons. The number of nitrogens with zero attached hydrogens (tertiary/aromatic N) is 1. The SMILES string of the molecule is CCCCC(NC(=O)c1ccnc(OCC(F)(F)F)c1)C(=O)O. The number of ether oxygens (including phenoxy) is 1. The Kier molecular flexibility index (Phi) is 6.80. The number of aromatic nitrogens is 1. The zero-order valence-electron chi connectivity index (χ0n) is 12.4. The molecule has 1 atom stereocenters. The van der Waals surface area contributed by atoms with Gasteiger partial charge < -0.3 is 15.2 Å².